The zero-order valence-electron chi connectivity index (χ0n) is 16.8. The summed E-state index contributed by atoms with van der Waals surface area (Å²) in [6.45, 7) is 4.54. The number of carbonyl (C=O) groups is 2. The molecule has 152 valence electrons. The molecule has 1 N–H and O–H groups in total. The number of benzene rings is 2. The molecule has 0 spiro atoms. The molecular formula is C24H29N3O2. The van der Waals surface area contributed by atoms with Crippen molar-refractivity contribution in [2.24, 2.45) is 0 Å². The fraction of sp³-hybridized carbons (Fsp3) is 0.333. The molecule has 1 fully saturated rings. The highest BCUT2D eigenvalue weighted by Gasteiger charge is 2.20. The van der Waals surface area contributed by atoms with Crippen LogP contribution in [0.5, 0.6) is 0 Å². The smallest absolute Gasteiger partial charge is 0.224 e. The summed E-state index contributed by atoms with van der Waals surface area (Å²) in [6.07, 6.45) is 5.02. The minimum atomic E-state index is -0.0426. The van der Waals surface area contributed by atoms with E-state index in [0.29, 0.717) is 19.4 Å². The number of piperazine rings is 1. The van der Waals surface area contributed by atoms with E-state index in [1.54, 1.807) is 0 Å². The molecule has 5 nitrogen and oxygen atoms in total. The topological polar surface area (TPSA) is 52.7 Å². The van der Waals surface area contributed by atoms with E-state index in [2.05, 4.69) is 34.5 Å². The molecule has 0 radical (unpaired) electrons. The van der Waals surface area contributed by atoms with Crippen LogP contribution in [0, 0.1) is 0 Å². The molecule has 29 heavy (non-hydrogen) atoms. The zero-order chi connectivity index (χ0) is 20.3. The van der Waals surface area contributed by atoms with Crippen LogP contribution in [-0.4, -0.2) is 60.9 Å². The Morgan fingerprint density at radius 1 is 0.897 bits per heavy atom. The Bertz CT molecular complexity index is 797. The van der Waals surface area contributed by atoms with Gasteiger partial charge in [-0.25, -0.2) is 0 Å². The van der Waals surface area contributed by atoms with Crippen LogP contribution in [0.15, 0.2) is 66.7 Å². The maximum absolute atomic E-state index is 12.4. The Balaban J connectivity index is 1.30. The molecule has 0 unspecified atom stereocenters. The Kier molecular flexibility index (Phi) is 8.01. The summed E-state index contributed by atoms with van der Waals surface area (Å²) >= 11 is 0. The van der Waals surface area contributed by atoms with E-state index < -0.39 is 0 Å². The lowest BCUT2D eigenvalue weighted by atomic mass is 10.1. The third-order valence-corrected chi connectivity index (χ3v) is 5.07. The highest BCUT2D eigenvalue weighted by atomic mass is 16.2. The van der Waals surface area contributed by atoms with Crippen LogP contribution in [0.1, 0.15) is 17.5 Å². The summed E-state index contributed by atoms with van der Waals surface area (Å²) in [5.41, 5.74) is 2.18. The van der Waals surface area contributed by atoms with Crippen LogP contribution < -0.4 is 5.32 Å². The molecule has 2 aromatic carbocycles. The first-order valence-corrected chi connectivity index (χ1v) is 10.2. The highest BCUT2D eigenvalue weighted by Crippen LogP contribution is 2.06. The van der Waals surface area contributed by atoms with E-state index in [9.17, 15) is 9.59 Å². The van der Waals surface area contributed by atoms with Crippen molar-refractivity contribution < 1.29 is 9.59 Å². The SMILES string of the molecule is O=C(Cc1ccccc1)NCCC(=O)N1CCN(CC=Cc2ccccc2)CC1. The number of nitrogens with one attached hydrogen (secondary N) is 1. The maximum atomic E-state index is 12.4. The molecule has 1 aliphatic rings. The number of hydrogen-bond acceptors (Lipinski definition) is 3. The van der Waals surface area contributed by atoms with Crippen molar-refractivity contribution in [1.29, 1.82) is 0 Å². The average Bonchev–Trinajstić information content (AvgIpc) is 2.75. The van der Waals surface area contributed by atoms with Gasteiger partial charge in [-0.05, 0) is 11.1 Å². The Morgan fingerprint density at radius 2 is 1.55 bits per heavy atom. The lowest BCUT2D eigenvalue weighted by Gasteiger charge is -2.34. The third-order valence-electron chi connectivity index (χ3n) is 5.07. The van der Waals surface area contributed by atoms with Crippen molar-refractivity contribution in [2.45, 2.75) is 12.8 Å². The first-order valence-electron chi connectivity index (χ1n) is 10.2. The lowest BCUT2D eigenvalue weighted by molar-refractivity contribution is -0.132. The van der Waals surface area contributed by atoms with Crippen molar-refractivity contribution in [1.82, 2.24) is 15.1 Å². The van der Waals surface area contributed by atoms with Crippen LogP contribution in [0.25, 0.3) is 6.08 Å². The van der Waals surface area contributed by atoms with Crippen LogP contribution in [0.2, 0.25) is 0 Å². The molecule has 5 heteroatoms. The van der Waals surface area contributed by atoms with Gasteiger partial charge in [0.1, 0.15) is 0 Å². The van der Waals surface area contributed by atoms with E-state index >= 15 is 0 Å². The minimum absolute atomic E-state index is 0.0426. The van der Waals surface area contributed by atoms with Crippen LogP contribution >= 0.6 is 0 Å². The maximum Gasteiger partial charge on any atom is 0.224 e. The van der Waals surface area contributed by atoms with Gasteiger partial charge in [0.15, 0.2) is 0 Å². The molecule has 0 aromatic heterocycles. The standard InChI is InChI=1S/C24H29N3O2/c28-23(20-22-10-5-2-6-11-22)25-14-13-24(29)27-18-16-26(17-19-27)15-7-12-21-8-3-1-4-9-21/h1-12H,13-20H2,(H,25,28). The van der Waals surface area contributed by atoms with Gasteiger partial charge >= 0.3 is 0 Å². The number of rotatable bonds is 8. The van der Waals surface area contributed by atoms with Crippen LogP contribution in [-0.2, 0) is 16.0 Å². The number of carbonyl (C=O) groups excluding carboxylic acids is 2. The molecule has 1 aliphatic heterocycles. The summed E-state index contributed by atoms with van der Waals surface area (Å²) in [5.74, 6) is 0.0727. The summed E-state index contributed by atoms with van der Waals surface area (Å²) in [4.78, 5) is 28.6. The minimum Gasteiger partial charge on any atom is -0.355 e. The van der Waals surface area contributed by atoms with E-state index in [1.807, 2.05) is 53.4 Å². The predicted octanol–water partition coefficient (Wildman–Crippen LogP) is 2.59. The molecule has 0 aliphatic carbocycles. The molecule has 2 amide bonds. The van der Waals surface area contributed by atoms with E-state index in [0.717, 1.165) is 38.3 Å². The monoisotopic (exact) mass is 391 g/mol. The summed E-state index contributed by atoms with van der Waals surface area (Å²) < 4.78 is 0. The molecule has 1 heterocycles. The molecule has 0 bridgehead atoms. The second-order valence-corrected chi connectivity index (χ2v) is 7.26. The van der Waals surface area contributed by atoms with Crippen molar-refractivity contribution in [3.05, 3.63) is 77.9 Å². The normalized spacial score (nSPS) is 14.8. The number of hydrogen-bond donors (Lipinski definition) is 1. The average molecular weight is 392 g/mol. The van der Waals surface area contributed by atoms with Crippen molar-refractivity contribution >= 4 is 17.9 Å². The predicted molar refractivity (Wildman–Crippen MR) is 116 cm³/mol. The van der Waals surface area contributed by atoms with Gasteiger partial charge < -0.3 is 10.2 Å². The summed E-state index contributed by atoms with van der Waals surface area (Å²) in [5, 5.41) is 2.85. The molecule has 1 saturated heterocycles. The second-order valence-electron chi connectivity index (χ2n) is 7.26. The molecule has 3 rings (SSSR count). The number of nitrogens with zero attached hydrogens (tertiary/aromatic N) is 2. The van der Waals surface area contributed by atoms with Gasteiger partial charge in [0.2, 0.25) is 11.8 Å². The zero-order valence-corrected chi connectivity index (χ0v) is 16.8. The fourth-order valence-corrected chi connectivity index (χ4v) is 3.39. The molecular weight excluding hydrogens is 362 g/mol. The van der Waals surface area contributed by atoms with Gasteiger partial charge in [0, 0.05) is 45.7 Å². The van der Waals surface area contributed by atoms with E-state index in [-0.39, 0.29) is 11.8 Å². The summed E-state index contributed by atoms with van der Waals surface area (Å²) in [7, 11) is 0. The Morgan fingerprint density at radius 3 is 2.24 bits per heavy atom. The van der Waals surface area contributed by atoms with Gasteiger partial charge in [-0.2, -0.15) is 0 Å². The lowest BCUT2D eigenvalue weighted by Crippen LogP contribution is -2.49. The van der Waals surface area contributed by atoms with Gasteiger partial charge in [0.25, 0.3) is 0 Å². The number of amides is 2. The largest absolute Gasteiger partial charge is 0.355 e. The van der Waals surface area contributed by atoms with Crippen LogP contribution in [0.4, 0.5) is 0 Å². The van der Waals surface area contributed by atoms with E-state index in [4.69, 9.17) is 0 Å². The molecule has 0 saturated carbocycles. The highest BCUT2D eigenvalue weighted by molar-refractivity contribution is 5.80. The Labute approximate surface area is 173 Å². The molecule has 2 aromatic rings. The molecule has 0 atom stereocenters. The fourth-order valence-electron chi connectivity index (χ4n) is 3.39. The van der Waals surface area contributed by atoms with Gasteiger partial charge in [-0.1, -0.05) is 72.8 Å². The first kappa shape index (κ1) is 20.8. The Hall–Kier alpha value is -2.92. The first-order chi connectivity index (χ1) is 14.2. The van der Waals surface area contributed by atoms with Crippen molar-refractivity contribution in [3.8, 4) is 0 Å². The van der Waals surface area contributed by atoms with Gasteiger partial charge in [0.05, 0.1) is 6.42 Å². The van der Waals surface area contributed by atoms with Gasteiger partial charge in [-0.15, -0.1) is 0 Å². The van der Waals surface area contributed by atoms with Crippen molar-refractivity contribution in [3.63, 3.8) is 0 Å². The second kappa shape index (κ2) is 11.2. The third kappa shape index (κ3) is 7.20. The van der Waals surface area contributed by atoms with Crippen LogP contribution in [0.3, 0.4) is 0 Å². The van der Waals surface area contributed by atoms with Crippen molar-refractivity contribution in [2.75, 3.05) is 39.3 Å². The quantitative estimate of drug-likeness (QED) is 0.753. The summed E-state index contributed by atoms with van der Waals surface area (Å²) in [6, 6.07) is 19.9. The van der Waals surface area contributed by atoms with Gasteiger partial charge in [-0.3, -0.25) is 14.5 Å². The van der Waals surface area contributed by atoms with E-state index in [1.165, 1.54) is 5.56 Å².